The summed E-state index contributed by atoms with van der Waals surface area (Å²) in [4.78, 5) is 18.3. The van der Waals surface area contributed by atoms with Crippen molar-refractivity contribution in [2.45, 2.75) is 44.3 Å². The van der Waals surface area contributed by atoms with Gasteiger partial charge in [0.05, 0.1) is 19.1 Å². The highest BCUT2D eigenvalue weighted by atomic mass is 16.5. The van der Waals surface area contributed by atoms with Gasteiger partial charge in [0.25, 0.3) is 0 Å². The van der Waals surface area contributed by atoms with Gasteiger partial charge in [0.1, 0.15) is 6.10 Å². The van der Waals surface area contributed by atoms with E-state index in [-0.39, 0.29) is 18.1 Å². The maximum absolute atomic E-state index is 12.3. The van der Waals surface area contributed by atoms with Crippen molar-refractivity contribution in [3.63, 3.8) is 0 Å². The number of carbonyl (C=O) groups is 1. The van der Waals surface area contributed by atoms with Gasteiger partial charge in [-0.1, -0.05) is 6.07 Å². The third-order valence-corrected chi connectivity index (χ3v) is 4.10. The van der Waals surface area contributed by atoms with Crippen molar-refractivity contribution >= 4 is 5.91 Å². The van der Waals surface area contributed by atoms with Gasteiger partial charge in [0.2, 0.25) is 11.8 Å². The van der Waals surface area contributed by atoms with Gasteiger partial charge in [0.15, 0.2) is 0 Å². The topological polar surface area (TPSA) is 51.7 Å². The molecule has 3 rings (SSSR count). The monoisotopic (exact) mass is 290 g/mol. The third kappa shape index (κ3) is 3.94. The average Bonchev–Trinajstić information content (AvgIpc) is 2.98. The number of likely N-dealkylation sites (tertiary alicyclic amines) is 1. The maximum atomic E-state index is 12.3. The largest absolute Gasteiger partial charge is 0.472 e. The highest BCUT2D eigenvalue weighted by Crippen LogP contribution is 2.20. The zero-order chi connectivity index (χ0) is 14.5. The fraction of sp³-hybridized carbons (Fsp3) is 0.625. The van der Waals surface area contributed by atoms with E-state index in [0.29, 0.717) is 18.8 Å². The van der Waals surface area contributed by atoms with Crippen LogP contribution in [0.2, 0.25) is 0 Å². The Morgan fingerprint density at radius 3 is 3.10 bits per heavy atom. The molecule has 114 valence electrons. The molecule has 0 aromatic carbocycles. The Bertz CT molecular complexity index is 460. The second-order valence-electron chi connectivity index (χ2n) is 5.73. The van der Waals surface area contributed by atoms with Gasteiger partial charge in [-0.05, 0) is 25.3 Å². The Labute approximate surface area is 125 Å². The van der Waals surface area contributed by atoms with E-state index in [2.05, 4.69) is 4.98 Å². The molecule has 1 aromatic rings. The number of aromatic nitrogens is 1. The summed E-state index contributed by atoms with van der Waals surface area (Å²) in [5, 5.41) is 0. The summed E-state index contributed by atoms with van der Waals surface area (Å²) in [6.07, 6.45) is 6.56. The zero-order valence-corrected chi connectivity index (χ0v) is 12.2. The zero-order valence-electron chi connectivity index (χ0n) is 12.2. The third-order valence-electron chi connectivity index (χ3n) is 4.10. The van der Waals surface area contributed by atoms with E-state index in [4.69, 9.17) is 9.47 Å². The summed E-state index contributed by atoms with van der Waals surface area (Å²) in [7, 11) is 0. The average molecular weight is 290 g/mol. The Hall–Kier alpha value is -1.62. The molecule has 0 aliphatic carbocycles. The fourth-order valence-corrected chi connectivity index (χ4v) is 2.93. The van der Waals surface area contributed by atoms with Crippen LogP contribution in [0.25, 0.3) is 0 Å². The SMILES string of the molecule is O=C(CC1CCCCO1)N1CCC(Oc2ccccn2)C1. The molecule has 0 saturated carbocycles. The molecule has 2 saturated heterocycles. The maximum Gasteiger partial charge on any atom is 0.225 e. The molecule has 2 aliphatic heterocycles. The molecule has 0 spiro atoms. The Morgan fingerprint density at radius 1 is 1.38 bits per heavy atom. The molecule has 1 aromatic heterocycles. The van der Waals surface area contributed by atoms with Crippen LogP contribution < -0.4 is 4.74 Å². The van der Waals surface area contributed by atoms with E-state index in [0.717, 1.165) is 32.4 Å². The molecular weight excluding hydrogens is 268 g/mol. The molecule has 5 heteroatoms. The number of hydrogen-bond donors (Lipinski definition) is 0. The molecule has 2 fully saturated rings. The quantitative estimate of drug-likeness (QED) is 0.851. The molecule has 5 nitrogen and oxygen atoms in total. The molecule has 21 heavy (non-hydrogen) atoms. The van der Waals surface area contributed by atoms with Crippen LogP contribution in [0.1, 0.15) is 32.1 Å². The van der Waals surface area contributed by atoms with Crippen molar-refractivity contribution in [2.24, 2.45) is 0 Å². The molecule has 0 bridgehead atoms. The normalized spacial score (nSPS) is 25.8. The van der Waals surface area contributed by atoms with Crippen molar-refractivity contribution in [2.75, 3.05) is 19.7 Å². The molecule has 1 amide bonds. The first-order valence-corrected chi connectivity index (χ1v) is 7.78. The van der Waals surface area contributed by atoms with E-state index < -0.39 is 0 Å². The lowest BCUT2D eigenvalue weighted by molar-refractivity contribution is -0.134. The van der Waals surface area contributed by atoms with Crippen LogP contribution in [0.4, 0.5) is 0 Å². The smallest absolute Gasteiger partial charge is 0.225 e. The highest BCUT2D eigenvalue weighted by Gasteiger charge is 2.29. The molecule has 2 aliphatic rings. The number of ether oxygens (including phenoxy) is 2. The molecule has 3 heterocycles. The second kappa shape index (κ2) is 6.89. The van der Waals surface area contributed by atoms with Crippen LogP contribution >= 0.6 is 0 Å². The van der Waals surface area contributed by atoms with Crippen LogP contribution in [0, 0.1) is 0 Å². The first-order chi connectivity index (χ1) is 10.3. The van der Waals surface area contributed by atoms with Gasteiger partial charge >= 0.3 is 0 Å². The molecular formula is C16H22N2O3. The van der Waals surface area contributed by atoms with Crippen LogP contribution in [-0.2, 0) is 9.53 Å². The molecule has 0 N–H and O–H groups in total. The standard InChI is InChI=1S/C16H22N2O3/c19-16(11-13-5-2-4-10-20-13)18-9-7-14(12-18)21-15-6-1-3-8-17-15/h1,3,6,8,13-14H,2,4-5,7,9-12H2. The summed E-state index contributed by atoms with van der Waals surface area (Å²) in [6, 6.07) is 5.61. The van der Waals surface area contributed by atoms with E-state index in [9.17, 15) is 4.79 Å². The summed E-state index contributed by atoms with van der Waals surface area (Å²) in [5.74, 6) is 0.821. The minimum Gasteiger partial charge on any atom is -0.472 e. The Balaban J connectivity index is 1.46. The van der Waals surface area contributed by atoms with Crippen molar-refractivity contribution in [1.82, 2.24) is 9.88 Å². The second-order valence-corrected chi connectivity index (χ2v) is 5.73. The number of hydrogen-bond acceptors (Lipinski definition) is 4. The lowest BCUT2D eigenvalue weighted by Gasteiger charge is -2.24. The van der Waals surface area contributed by atoms with E-state index in [1.165, 1.54) is 6.42 Å². The lowest BCUT2D eigenvalue weighted by Crippen LogP contribution is -2.34. The summed E-state index contributed by atoms with van der Waals surface area (Å²) in [6.45, 7) is 2.22. The van der Waals surface area contributed by atoms with Crippen molar-refractivity contribution < 1.29 is 14.3 Å². The Kier molecular flexibility index (Phi) is 4.70. The molecule has 0 radical (unpaired) electrons. The van der Waals surface area contributed by atoms with Gasteiger partial charge < -0.3 is 14.4 Å². The number of amides is 1. The van der Waals surface area contributed by atoms with Crippen molar-refractivity contribution in [3.05, 3.63) is 24.4 Å². The van der Waals surface area contributed by atoms with Crippen molar-refractivity contribution in [1.29, 1.82) is 0 Å². The number of carbonyl (C=O) groups excluding carboxylic acids is 1. The molecule has 2 unspecified atom stereocenters. The molecule has 2 atom stereocenters. The van der Waals surface area contributed by atoms with Crippen molar-refractivity contribution in [3.8, 4) is 5.88 Å². The fourth-order valence-electron chi connectivity index (χ4n) is 2.93. The van der Waals surface area contributed by atoms with E-state index in [1.54, 1.807) is 6.20 Å². The van der Waals surface area contributed by atoms with Crippen LogP contribution in [0.15, 0.2) is 24.4 Å². The minimum absolute atomic E-state index is 0.0520. The lowest BCUT2D eigenvalue weighted by atomic mass is 10.1. The Morgan fingerprint density at radius 2 is 2.33 bits per heavy atom. The first kappa shape index (κ1) is 14.3. The minimum atomic E-state index is 0.0520. The van der Waals surface area contributed by atoms with Crippen LogP contribution in [0.3, 0.4) is 0 Å². The summed E-state index contributed by atoms with van der Waals surface area (Å²) < 4.78 is 11.5. The number of rotatable bonds is 4. The van der Waals surface area contributed by atoms with Gasteiger partial charge in [-0.2, -0.15) is 0 Å². The van der Waals surface area contributed by atoms with E-state index >= 15 is 0 Å². The van der Waals surface area contributed by atoms with Gasteiger partial charge in [-0.15, -0.1) is 0 Å². The summed E-state index contributed by atoms with van der Waals surface area (Å²) >= 11 is 0. The van der Waals surface area contributed by atoms with Crippen LogP contribution in [0.5, 0.6) is 5.88 Å². The number of nitrogens with zero attached hydrogens (tertiary/aromatic N) is 2. The van der Waals surface area contributed by atoms with Crippen LogP contribution in [-0.4, -0.2) is 47.7 Å². The van der Waals surface area contributed by atoms with Gasteiger partial charge in [-0.3, -0.25) is 4.79 Å². The van der Waals surface area contributed by atoms with E-state index in [1.807, 2.05) is 23.1 Å². The highest BCUT2D eigenvalue weighted by molar-refractivity contribution is 5.77. The number of pyridine rings is 1. The van der Waals surface area contributed by atoms with Gasteiger partial charge in [-0.25, -0.2) is 4.98 Å². The predicted molar refractivity (Wildman–Crippen MR) is 78.1 cm³/mol. The first-order valence-electron chi connectivity index (χ1n) is 7.78. The van der Waals surface area contributed by atoms with Gasteiger partial charge in [0, 0.05) is 31.8 Å². The summed E-state index contributed by atoms with van der Waals surface area (Å²) in [5.41, 5.74) is 0. The predicted octanol–water partition coefficient (Wildman–Crippen LogP) is 2.02.